The summed E-state index contributed by atoms with van der Waals surface area (Å²) in [5.41, 5.74) is 2.66. The van der Waals surface area contributed by atoms with Crippen LogP contribution in [0.2, 0.25) is 19.6 Å². The Hall–Kier alpha value is -2.80. The van der Waals surface area contributed by atoms with E-state index in [2.05, 4.69) is 92.1 Å². The summed E-state index contributed by atoms with van der Waals surface area (Å²) in [6.45, 7) is 9.78. The van der Waals surface area contributed by atoms with Crippen molar-refractivity contribution in [3.8, 4) is 0 Å². The first-order chi connectivity index (χ1) is 18.3. The van der Waals surface area contributed by atoms with E-state index in [0.29, 0.717) is 0 Å². The molecule has 1 aliphatic carbocycles. The lowest BCUT2D eigenvalue weighted by atomic mass is 9.60. The molecule has 0 radical (unpaired) electrons. The Kier molecular flexibility index (Phi) is 7.58. The fraction of sp³-hybridized carbons (Fsp3) is 0.438. The molecule has 3 aromatic carbocycles. The van der Waals surface area contributed by atoms with Crippen molar-refractivity contribution in [2.75, 3.05) is 6.54 Å². The van der Waals surface area contributed by atoms with E-state index in [1.807, 2.05) is 30.3 Å². The summed E-state index contributed by atoms with van der Waals surface area (Å²) in [6, 6.07) is 30.5. The van der Waals surface area contributed by atoms with E-state index in [0.717, 1.165) is 42.5 Å². The molecule has 0 aromatic heterocycles. The predicted octanol–water partition coefficient (Wildman–Crippen LogP) is 7.08. The van der Waals surface area contributed by atoms with Crippen LogP contribution >= 0.6 is 0 Å². The van der Waals surface area contributed by atoms with Gasteiger partial charge in [0.25, 0.3) is 0 Å². The number of nitrogens with zero attached hydrogens (tertiary/aromatic N) is 2. The number of benzene rings is 3. The molecule has 5 atom stereocenters. The number of hydrogen-bond acceptors (Lipinski definition) is 4. The zero-order chi connectivity index (χ0) is 26.9. The minimum absolute atomic E-state index is 0.00401. The van der Waals surface area contributed by atoms with Crippen LogP contribution in [-0.2, 0) is 10.0 Å². The molecule has 0 amide bonds. The Labute approximate surface area is 228 Å². The molecule has 3 aromatic rings. The molecule has 0 bridgehead atoms. The predicted molar refractivity (Wildman–Crippen MR) is 155 cm³/mol. The van der Waals surface area contributed by atoms with E-state index in [1.165, 1.54) is 0 Å². The fourth-order valence-corrected chi connectivity index (χ4v) is 8.61. The van der Waals surface area contributed by atoms with Gasteiger partial charge in [-0.2, -0.15) is 0 Å². The van der Waals surface area contributed by atoms with Crippen molar-refractivity contribution in [2.45, 2.75) is 75.5 Å². The third kappa shape index (κ3) is 4.74. The lowest BCUT2D eigenvalue weighted by molar-refractivity contribution is -0.557. The van der Waals surface area contributed by atoms with E-state index in [9.17, 15) is 10.1 Å². The van der Waals surface area contributed by atoms with Gasteiger partial charge in [0.2, 0.25) is 6.04 Å². The van der Waals surface area contributed by atoms with Gasteiger partial charge in [-0.25, -0.2) is 0 Å². The van der Waals surface area contributed by atoms with Crippen LogP contribution < -0.4 is 0 Å². The van der Waals surface area contributed by atoms with Gasteiger partial charge in [-0.3, -0.25) is 15.0 Å². The van der Waals surface area contributed by atoms with Gasteiger partial charge in [-0.15, -0.1) is 0 Å². The maximum atomic E-state index is 12.7. The minimum Gasteiger partial charge on any atom is -0.403 e. The summed E-state index contributed by atoms with van der Waals surface area (Å²) in [4.78, 5) is 15.2. The zero-order valence-electron chi connectivity index (χ0n) is 23.0. The Morgan fingerprint density at radius 1 is 0.921 bits per heavy atom. The number of hydrogen-bond donors (Lipinski definition) is 0. The van der Waals surface area contributed by atoms with Crippen LogP contribution in [0.15, 0.2) is 91.0 Å². The van der Waals surface area contributed by atoms with Gasteiger partial charge in [0, 0.05) is 11.0 Å². The molecule has 0 unspecified atom stereocenters. The first-order valence-electron chi connectivity index (χ1n) is 14.0. The van der Waals surface area contributed by atoms with Crippen LogP contribution in [-0.4, -0.2) is 42.8 Å². The van der Waals surface area contributed by atoms with Crippen LogP contribution in [0.1, 0.15) is 48.8 Å². The van der Waals surface area contributed by atoms with Gasteiger partial charge in [0.05, 0.1) is 12.0 Å². The Balaban J connectivity index is 1.64. The molecule has 0 spiro atoms. The second-order valence-electron chi connectivity index (χ2n) is 11.9. The van der Waals surface area contributed by atoms with Crippen LogP contribution in [0.4, 0.5) is 0 Å². The second-order valence-corrected chi connectivity index (χ2v) is 16.3. The monoisotopic (exact) mass is 528 g/mol. The maximum Gasteiger partial charge on any atom is 0.235 e. The second kappa shape index (κ2) is 10.8. The Morgan fingerprint density at radius 3 is 1.92 bits per heavy atom. The van der Waals surface area contributed by atoms with Gasteiger partial charge in [0.15, 0.2) is 8.32 Å². The number of likely N-dealkylation sites (tertiary alicyclic amines) is 1. The molecule has 1 aliphatic heterocycles. The molecule has 2 fully saturated rings. The fourth-order valence-electron chi connectivity index (χ4n) is 7.27. The molecule has 2 aliphatic rings. The first-order valence-corrected chi connectivity index (χ1v) is 17.4. The summed E-state index contributed by atoms with van der Waals surface area (Å²) in [5.74, 6) is 0.160. The van der Waals surface area contributed by atoms with Crippen LogP contribution in [0.3, 0.4) is 0 Å². The van der Waals surface area contributed by atoms with Gasteiger partial charge >= 0.3 is 0 Å². The highest BCUT2D eigenvalue weighted by Crippen LogP contribution is 2.53. The third-order valence-electron chi connectivity index (χ3n) is 8.54. The lowest BCUT2D eigenvalue weighted by Gasteiger charge is -2.55. The Morgan fingerprint density at radius 2 is 1.45 bits per heavy atom. The maximum absolute atomic E-state index is 12.7. The van der Waals surface area contributed by atoms with Crippen LogP contribution in [0.25, 0.3) is 0 Å². The van der Waals surface area contributed by atoms with Crippen molar-refractivity contribution in [1.29, 1.82) is 0 Å². The van der Waals surface area contributed by atoms with Gasteiger partial charge < -0.3 is 4.43 Å². The molecule has 6 heteroatoms. The summed E-state index contributed by atoms with van der Waals surface area (Å²) in [6.07, 6.45) is 2.87. The summed E-state index contributed by atoms with van der Waals surface area (Å²) in [5, 5.41) is 12.7. The van der Waals surface area contributed by atoms with Gasteiger partial charge in [-0.05, 0) is 61.6 Å². The van der Waals surface area contributed by atoms with Gasteiger partial charge in [-0.1, -0.05) is 104 Å². The summed E-state index contributed by atoms with van der Waals surface area (Å²) >= 11 is 0. The molecule has 5 rings (SSSR count). The van der Waals surface area contributed by atoms with Gasteiger partial charge in [0.1, 0.15) is 5.60 Å². The third-order valence-corrected chi connectivity index (χ3v) is 9.47. The van der Waals surface area contributed by atoms with Crippen molar-refractivity contribution in [3.63, 3.8) is 0 Å². The molecule has 200 valence electrons. The average Bonchev–Trinajstić information content (AvgIpc) is 3.37. The molecule has 0 N–H and O–H groups in total. The highest BCUT2D eigenvalue weighted by Gasteiger charge is 2.63. The average molecular weight is 529 g/mol. The van der Waals surface area contributed by atoms with Crippen molar-refractivity contribution in [3.05, 3.63) is 118 Å². The van der Waals surface area contributed by atoms with Crippen LogP contribution in [0.5, 0.6) is 0 Å². The molecular formula is C32H40N2O3Si. The first kappa shape index (κ1) is 26.8. The highest BCUT2D eigenvalue weighted by atomic mass is 28.4. The van der Waals surface area contributed by atoms with Crippen molar-refractivity contribution in [2.24, 2.45) is 5.92 Å². The minimum atomic E-state index is -2.07. The summed E-state index contributed by atoms with van der Waals surface area (Å²) < 4.78 is 7.33. The largest absolute Gasteiger partial charge is 0.403 e. The molecule has 1 saturated carbocycles. The molecule has 38 heavy (non-hydrogen) atoms. The SMILES string of the molecule is CC[C@@H]1[C@@H](c2ccccc2)[C@H]([N+](=O)[O-])[C@H]1N1CCC[C@H]1C(O[Si](C)(C)C)(c1ccccc1)c1ccccc1. The smallest absolute Gasteiger partial charge is 0.235 e. The topological polar surface area (TPSA) is 55.6 Å². The van der Waals surface area contributed by atoms with E-state index in [1.54, 1.807) is 0 Å². The Bertz CT molecular complexity index is 1180. The quantitative estimate of drug-likeness (QED) is 0.169. The molecule has 5 nitrogen and oxygen atoms in total. The summed E-state index contributed by atoms with van der Waals surface area (Å²) in [7, 11) is -2.07. The van der Waals surface area contributed by atoms with Crippen molar-refractivity contribution < 1.29 is 9.35 Å². The van der Waals surface area contributed by atoms with E-state index in [-0.39, 0.29) is 28.8 Å². The molecular weight excluding hydrogens is 488 g/mol. The van der Waals surface area contributed by atoms with Crippen molar-refractivity contribution >= 4 is 8.32 Å². The van der Waals surface area contributed by atoms with Crippen LogP contribution in [0, 0.1) is 16.0 Å². The van der Waals surface area contributed by atoms with E-state index >= 15 is 0 Å². The zero-order valence-corrected chi connectivity index (χ0v) is 24.0. The number of rotatable bonds is 9. The molecule has 1 heterocycles. The van der Waals surface area contributed by atoms with Crippen molar-refractivity contribution in [1.82, 2.24) is 4.90 Å². The lowest BCUT2D eigenvalue weighted by Crippen LogP contribution is -2.68. The number of nitro groups is 1. The van der Waals surface area contributed by atoms with E-state index in [4.69, 9.17) is 4.43 Å². The van der Waals surface area contributed by atoms with E-state index < -0.39 is 20.0 Å². The normalized spacial score (nSPS) is 26.2. The standard InChI is InChI=1S/C32H40N2O3Si/c1-5-27-29(24-16-9-6-10-17-24)31(34(35)36)30(27)33-23-15-22-28(33)32(37-38(2,3)4,25-18-11-7-12-19-25)26-20-13-8-14-21-26/h6-14,16-21,27-31H,5,15,22-23H2,1-4H3/t27-,28+,29-,30+,31+/m1/s1. The highest BCUT2D eigenvalue weighted by molar-refractivity contribution is 6.69. The molecule has 1 saturated heterocycles.